The molecular formula is C17H14ClF3N2S. The molecule has 0 aliphatic rings. The van der Waals surface area contributed by atoms with Gasteiger partial charge in [-0.1, -0.05) is 12.1 Å². The Bertz CT molecular complexity index is 831. The van der Waals surface area contributed by atoms with Crippen LogP contribution >= 0.6 is 23.7 Å². The summed E-state index contributed by atoms with van der Waals surface area (Å²) < 4.78 is 39.1. The first-order chi connectivity index (χ1) is 11.0. The summed E-state index contributed by atoms with van der Waals surface area (Å²) in [5.74, 6) is 0. The van der Waals surface area contributed by atoms with E-state index in [1.807, 2.05) is 22.4 Å². The zero-order valence-corrected chi connectivity index (χ0v) is 14.1. The fourth-order valence-electron chi connectivity index (χ4n) is 2.40. The highest BCUT2D eigenvalue weighted by Gasteiger charge is 2.30. The highest BCUT2D eigenvalue weighted by Crippen LogP contribution is 2.39. The van der Waals surface area contributed by atoms with Crippen molar-refractivity contribution in [2.24, 2.45) is 0 Å². The topological polar surface area (TPSA) is 16.1 Å². The van der Waals surface area contributed by atoms with E-state index < -0.39 is 11.7 Å². The minimum absolute atomic E-state index is 0. The highest BCUT2D eigenvalue weighted by molar-refractivity contribution is 7.17. The fraction of sp³-hybridized carbons (Fsp3) is 0.118. The zero-order chi connectivity index (χ0) is 16.4. The molecule has 0 bridgehead atoms. The first kappa shape index (κ1) is 18.3. The fourth-order valence-corrected chi connectivity index (χ4v) is 3.38. The van der Waals surface area contributed by atoms with Crippen molar-refractivity contribution in [1.82, 2.24) is 4.98 Å². The van der Waals surface area contributed by atoms with E-state index >= 15 is 0 Å². The van der Waals surface area contributed by atoms with Gasteiger partial charge in [0.2, 0.25) is 0 Å². The summed E-state index contributed by atoms with van der Waals surface area (Å²) in [4.78, 5) is 6.00. The van der Waals surface area contributed by atoms with E-state index in [4.69, 9.17) is 0 Å². The molecule has 1 aromatic carbocycles. The molecule has 0 radical (unpaired) electrons. The van der Waals surface area contributed by atoms with E-state index in [1.165, 1.54) is 23.5 Å². The van der Waals surface area contributed by atoms with Gasteiger partial charge in [0.15, 0.2) is 0 Å². The lowest BCUT2D eigenvalue weighted by molar-refractivity contribution is -0.137. The third-order valence-electron chi connectivity index (χ3n) is 3.46. The summed E-state index contributed by atoms with van der Waals surface area (Å²) in [6.45, 7) is 4.31. The van der Waals surface area contributed by atoms with Crippen molar-refractivity contribution in [2.45, 2.75) is 6.18 Å². The number of pyridine rings is 1. The second-order valence-electron chi connectivity index (χ2n) is 4.93. The third kappa shape index (κ3) is 3.55. The second-order valence-corrected chi connectivity index (χ2v) is 5.85. The number of fused-ring (bicyclic) bond motifs is 1. The summed E-state index contributed by atoms with van der Waals surface area (Å²) in [6, 6.07) is 7.56. The van der Waals surface area contributed by atoms with Crippen LogP contribution < -0.4 is 4.90 Å². The molecule has 0 atom stereocenters. The van der Waals surface area contributed by atoms with Crippen molar-refractivity contribution in [3.63, 3.8) is 0 Å². The van der Waals surface area contributed by atoms with E-state index in [0.29, 0.717) is 11.2 Å². The van der Waals surface area contributed by atoms with Crippen LogP contribution in [0.5, 0.6) is 0 Å². The normalized spacial score (nSPS) is 11.1. The Morgan fingerprint density at radius 3 is 2.50 bits per heavy atom. The number of hydrogen-bond donors (Lipinski definition) is 0. The lowest BCUT2D eigenvalue weighted by Crippen LogP contribution is -2.16. The number of thiophene rings is 1. The van der Waals surface area contributed by atoms with E-state index in [2.05, 4.69) is 11.6 Å². The molecule has 3 aromatic rings. The second kappa shape index (κ2) is 7.23. The summed E-state index contributed by atoms with van der Waals surface area (Å²) in [5.41, 5.74) is 1.15. The molecule has 2 nitrogen and oxygen atoms in total. The number of anilines is 2. The van der Waals surface area contributed by atoms with Gasteiger partial charge in [0, 0.05) is 40.1 Å². The predicted octanol–water partition coefficient (Wildman–Crippen LogP) is 6.06. The van der Waals surface area contributed by atoms with E-state index in [-0.39, 0.29) is 12.4 Å². The first-order valence-electron chi connectivity index (χ1n) is 6.87. The van der Waals surface area contributed by atoms with Crippen molar-refractivity contribution in [2.75, 3.05) is 11.4 Å². The van der Waals surface area contributed by atoms with Gasteiger partial charge in [-0.15, -0.1) is 30.3 Å². The largest absolute Gasteiger partial charge is 0.416 e. The molecule has 0 saturated carbocycles. The average Bonchev–Trinajstić information content (AvgIpc) is 2.95. The summed E-state index contributed by atoms with van der Waals surface area (Å²) in [7, 11) is 0. The minimum atomic E-state index is -4.33. The SMILES string of the molecule is C=CCN(c1ccncc1)c1csc2cc(C(F)(F)F)ccc12.Cl. The maximum atomic E-state index is 12.8. The maximum absolute atomic E-state index is 12.8. The maximum Gasteiger partial charge on any atom is 0.416 e. The summed E-state index contributed by atoms with van der Waals surface area (Å²) in [6.07, 6.45) is 0.793. The van der Waals surface area contributed by atoms with Gasteiger partial charge in [0.1, 0.15) is 0 Å². The molecule has 126 valence electrons. The Labute approximate surface area is 147 Å². The van der Waals surface area contributed by atoms with Crippen molar-refractivity contribution >= 4 is 45.2 Å². The van der Waals surface area contributed by atoms with Crippen molar-refractivity contribution < 1.29 is 13.2 Å². The molecule has 0 aliphatic carbocycles. The molecule has 0 amide bonds. The van der Waals surface area contributed by atoms with Crippen LogP contribution in [0.1, 0.15) is 5.56 Å². The van der Waals surface area contributed by atoms with Crippen LogP contribution in [-0.2, 0) is 6.18 Å². The molecule has 0 spiro atoms. The Kier molecular flexibility index (Phi) is 5.51. The van der Waals surface area contributed by atoms with Gasteiger partial charge < -0.3 is 4.90 Å². The van der Waals surface area contributed by atoms with Gasteiger partial charge in [-0.05, 0) is 24.3 Å². The van der Waals surface area contributed by atoms with Crippen LogP contribution in [-0.4, -0.2) is 11.5 Å². The van der Waals surface area contributed by atoms with Crippen molar-refractivity contribution in [3.8, 4) is 0 Å². The predicted molar refractivity (Wildman–Crippen MR) is 95.5 cm³/mol. The lowest BCUT2D eigenvalue weighted by atomic mass is 10.1. The zero-order valence-electron chi connectivity index (χ0n) is 12.5. The molecule has 2 aromatic heterocycles. The quantitative estimate of drug-likeness (QED) is 0.519. The van der Waals surface area contributed by atoms with E-state index in [0.717, 1.165) is 22.8 Å². The first-order valence-corrected chi connectivity index (χ1v) is 7.75. The molecule has 24 heavy (non-hydrogen) atoms. The number of alkyl halides is 3. The van der Waals surface area contributed by atoms with Gasteiger partial charge >= 0.3 is 6.18 Å². The Balaban J connectivity index is 0.00000208. The Morgan fingerprint density at radius 2 is 1.88 bits per heavy atom. The number of rotatable bonds is 4. The minimum Gasteiger partial charge on any atom is -0.336 e. The average molecular weight is 371 g/mol. The van der Waals surface area contributed by atoms with Crippen molar-refractivity contribution in [3.05, 3.63) is 66.3 Å². The number of hydrogen-bond acceptors (Lipinski definition) is 3. The number of halogens is 4. The van der Waals surface area contributed by atoms with Crippen LogP contribution in [0.3, 0.4) is 0 Å². The standard InChI is InChI=1S/C17H13F3N2S.ClH/c1-2-9-22(13-5-7-21-8-6-13)15-11-23-16-10-12(17(18,19)20)3-4-14(15)16;/h2-8,10-11H,1,9H2;1H. The smallest absolute Gasteiger partial charge is 0.336 e. The van der Waals surface area contributed by atoms with Gasteiger partial charge in [-0.25, -0.2) is 0 Å². The number of benzene rings is 1. The van der Waals surface area contributed by atoms with E-state index in [9.17, 15) is 13.2 Å². The monoisotopic (exact) mass is 370 g/mol. The number of nitrogens with zero attached hydrogens (tertiary/aromatic N) is 2. The van der Waals surface area contributed by atoms with Crippen LogP contribution in [0.25, 0.3) is 10.1 Å². The molecule has 0 fully saturated rings. The molecule has 3 rings (SSSR count). The van der Waals surface area contributed by atoms with E-state index in [1.54, 1.807) is 18.5 Å². The van der Waals surface area contributed by atoms with Crippen LogP contribution in [0.15, 0.2) is 60.8 Å². The molecular weight excluding hydrogens is 357 g/mol. The molecule has 0 N–H and O–H groups in total. The molecule has 0 unspecified atom stereocenters. The summed E-state index contributed by atoms with van der Waals surface area (Å²) in [5, 5.41) is 2.66. The molecule has 0 aliphatic heterocycles. The van der Waals surface area contributed by atoms with Gasteiger partial charge in [0.25, 0.3) is 0 Å². The van der Waals surface area contributed by atoms with Gasteiger partial charge in [-0.3, -0.25) is 4.98 Å². The highest BCUT2D eigenvalue weighted by atomic mass is 35.5. The molecule has 7 heteroatoms. The van der Waals surface area contributed by atoms with Gasteiger partial charge in [0.05, 0.1) is 11.3 Å². The molecule has 2 heterocycles. The Morgan fingerprint density at radius 1 is 1.17 bits per heavy atom. The lowest BCUT2D eigenvalue weighted by Gasteiger charge is -2.22. The Hall–Kier alpha value is -2.05. The van der Waals surface area contributed by atoms with Gasteiger partial charge in [-0.2, -0.15) is 13.2 Å². The molecule has 0 saturated heterocycles. The summed E-state index contributed by atoms with van der Waals surface area (Å²) >= 11 is 1.30. The van der Waals surface area contributed by atoms with Crippen LogP contribution in [0, 0.1) is 0 Å². The van der Waals surface area contributed by atoms with Crippen LogP contribution in [0.2, 0.25) is 0 Å². The van der Waals surface area contributed by atoms with Crippen molar-refractivity contribution in [1.29, 1.82) is 0 Å². The third-order valence-corrected chi connectivity index (χ3v) is 4.39. The van der Waals surface area contributed by atoms with Crippen LogP contribution in [0.4, 0.5) is 24.5 Å². The number of aromatic nitrogens is 1.